The van der Waals surface area contributed by atoms with E-state index in [1.165, 1.54) is 0 Å². The molecule has 0 unspecified atom stereocenters. The smallest absolute Gasteiger partial charge is 0.248 e. The van der Waals surface area contributed by atoms with E-state index in [-0.39, 0.29) is 0 Å². The minimum atomic E-state index is 0.420. The van der Waals surface area contributed by atoms with Crippen LogP contribution in [0.2, 0.25) is 0 Å². The Morgan fingerprint density at radius 2 is 0.500 bits per heavy atom. The van der Waals surface area contributed by atoms with Gasteiger partial charge in [-0.2, -0.15) is 0 Å². The zero-order valence-electron chi connectivity index (χ0n) is 43.2. The van der Waals surface area contributed by atoms with E-state index >= 15 is 0 Å². The van der Waals surface area contributed by atoms with E-state index in [1.807, 2.05) is 48.5 Å². The first-order valence-corrected chi connectivity index (χ1v) is 26.6. The molecule has 14 aromatic rings. The molecule has 378 valence electrons. The minimum absolute atomic E-state index is 0.420. The van der Waals surface area contributed by atoms with E-state index in [0.717, 1.165) is 111 Å². The van der Waals surface area contributed by atoms with Gasteiger partial charge in [0.2, 0.25) is 23.6 Å². The van der Waals surface area contributed by atoms with E-state index in [2.05, 4.69) is 273 Å². The van der Waals surface area contributed by atoms with Crippen LogP contribution in [0.3, 0.4) is 0 Å². The van der Waals surface area contributed by atoms with Gasteiger partial charge in [0.05, 0.1) is 0 Å². The molecule has 0 saturated carbocycles. The highest BCUT2D eigenvalue weighted by Gasteiger charge is 2.22. The van der Waals surface area contributed by atoms with Crippen LogP contribution in [-0.4, -0.2) is 20.4 Å². The zero-order chi connectivity index (χ0) is 53.2. The summed E-state index contributed by atoms with van der Waals surface area (Å²) in [5, 5.41) is 23.1. The summed E-state index contributed by atoms with van der Waals surface area (Å²) in [6.07, 6.45) is 0. The van der Waals surface area contributed by atoms with Gasteiger partial charge in [0.1, 0.15) is 0 Å². The fourth-order valence-corrected chi connectivity index (χ4v) is 10.8. The number of hydrogen-bond acceptors (Lipinski definition) is 8. The molecule has 0 fully saturated rings. The first-order chi connectivity index (χ1) is 39.7. The van der Waals surface area contributed by atoms with E-state index in [0.29, 0.717) is 23.6 Å². The van der Waals surface area contributed by atoms with Gasteiger partial charge in [-0.25, -0.2) is 0 Å². The molecule has 14 rings (SSSR count). The van der Waals surface area contributed by atoms with Gasteiger partial charge >= 0.3 is 0 Å². The molecule has 0 aliphatic rings. The highest BCUT2D eigenvalue weighted by Crippen LogP contribution is 2.46. The highest BCUT2D eigenvalue weighted by molar-refractivity contribution is 6.06. The number of hydrogen-bond donors (Lipinski definition) is 0. The number of para-hydroxylation sites is 4. The number of benzene rings is 12. The molecule has 8 nitrogen and oxygen atoms in total. The second-order valence-corrected chi connectivity index (χ2v) is 19.5. The lowest BCUT2D eigenvalue weighted by Crippen LogP contribution is -2.09. The standard InChI is InChI=1S/C72H48N6O2/c1-5-23-55(24-6-1)77(56-25-7-2-8-26-56)59-41-35-51(36-42-59)69-73-75-71(79-69)53-39-45-65(67(47-53)63-33-17-21-49-19-13-15-31-61(49)63)66-46-40-54(48-68(66)64-34-18-22-50-20-14-16-32-62(50)64)72-76-74-70(80-72)52-37-43-60(44-38-52)78(57-27-9-3-10-28-57)58-29-11-4-12-30-58/h1-48H. The molecule has 0 radical (unpaired) electrons. The topological polar surface area (TPSA) is 84.3 Å². The third-order valence-corrected chi connectivity index (χ3v) is 14.6. The molecule has 2 heterocycles. The third kappa shape index (κ3) is 9.12. The Morgan fingerprint density at radius 1 is 0.212 bits per heavy atom. The molecule has 0 aliphatic carbocycles. The second-order valence-electron chi connectivity index (χ2n) is 19.5. The van der Waals surface area contributed by atoms with E-state index in [4.69, 9.17) is 8.83 Å². The van der Waals surface area contributed by atoms with E-state index in [9.17, 15) is 0 Å². The molecule has 0 N–H and O–H groups in total. The lowest BCUT2D eigenvalue weighted by atomic mass is 9.85. The molecule has 0 aliphatic heterocycles. The summed E-state index contributed by atoms with van der Waals surface area (Å²) in [6, 6.07) is 101. The summed E-state index contributed by atoms with van der Waals surface area (Å²) in [4.78, 5) is 4.46. The van der Waals surface area contributed by atoms with Crippen molar-refractivity contribution in [2.24, 2.45) is 0 Å². The SMILES string of the molecule is c1ccc(N(c2ccccc2)c2ccc(-c3nnc(-c4ccc(-c5ccc(-c6nnc(-c7ccc(N(c8ccccc8)c8ccccc8)cc7)o6)cc5-c5cccc6ccccc56)c(-c5cccc6ccccc56)c4)o3)cc2)cc1. The highest BCUT2D eigenvalue weighted by atomic mass is 16.4. The Labute approximate surface area is 462 Å². The predicted molar refractivity (Wildman–Crippen MR) is 325 cm³/mol. The first-order valence-electron chi connectivity index (χ1n) is 26.6. The zero-order valence-corrected chi connectivity index (χ0v) is 43.2. The molecule has 0 saturated heterocycles. The lowest BCUT2D eigenvalue weighted by Gasteiger charge is -2.25. The number of aromatic nitrogens is 4. The van der Waals surface area contributed by atoms with Gasteiger partial charge in [-0.1, -0.05) is 170 Å². The Hall–Kier alpha value is -11.0. The molecule has 0 atom stereocenters. The summed E-state index contributed by atoms with van der Waals surface area (Å²) >= 11 is 0. The average Bonchev–Trinajstić information content (AvgIpc) is 4.37. The van der Waals surface area contributed by atoms with Crippen molar-refractivity contribution in [2.45, 2.75) is 0 Å². The van der Waals surface area contributed by atoms with Gasteiger partial charge in [0, 0.05) is 56.4 Å². The van der Waals surface area contributed by atoms with Gasteiger partial charge < -0.3 is 18.6 Å². The Morgan fingerprint density at radius 3 is 0.863 bits per heavy atom. The van der Waals surface area contributed by atoms with Crippen LogP contribution in [0.15, 0.2) is 300 Å². The van der Waals surface area contributed by atoms with Crippen LogP contribution in [-0.2, 0) is 0 Å². The Balaban J connectivity index is 0.848. The third-order valence-electron chi connectivity index (χ3n) is 14.6. The maximum Gasteiger partial charge on any atom is 0.248 e. The summed E-state index contributed by atoms with van der Waals surface area (Å²) < 4.78 is 13.2. The van der Waals surface area contributed by atoms with Crippen molar-refractivity contribution >= 4 is 55.7 Å². The van der Waals surface area contributed by atoms with Gasteiger partial charge in [0.25, 0.3) is 0 Å². The van der Waals surface area contributed by atoms with Crippen LogP contribution in [0.4, 0.5) is 34.1 Å². The molecule has 0 amide bonds. The maximum atomic E-state index is 6.58. The molecule has 0 spiro atoms. The lowest BCUT2D eigenvalue weighted by molar-refractivity contribution is 0.584. The van der Waals surface area contributed by atoms with Crippen LogP contribution in [0.25, 0.3) is 101 Å². The average molecular weight is 1030 g/mol. The largest absolute Gasteiger partial charge is 0.416 e. The van der Waals surface area contributed by atoms with Crippen LogP contribution in [0, 0.1) is 0 Å². The van der Waals surface area contributed by atoms with Crippen molar-refractivity contribution in [2.75, 3.05) is 9.80 Å². The van der Waals surface area contributed by atoms with Crippen molar-refractivity contribution < 1.29 is 8.83 Å². The number of nitrogens with zero attached hydrogens (tertiary/aromatic N) is 6. The van der Waals surface area contributed by atoms with Crippen LogP contribution in [0.1, 0.15) is 0 Å². The van der Waals surface area contributed by atoms with Crippen molar-refractivity contribution in [1.82, 2.24) is 20.4 Å². The van der Waals surface area contributed by atoms with Crippen LogP contribution < -0.4 is 9.80 Å². The predicted octanol–water partition coefficient (Wildman–Crippen LogP) is 19.4. The maximum absolute atomic E-state index is 6.58. The van der Waals surface area contributed by atoms with Crippen molar-refractivity contribution in [3.63, 3.8) is 0 Å². The summed E-state index contributed by atoms with van der Waals surface area (Å²) in [7, 11) is 0. The van der Waals surface area contributed by atoms with E-state index < -0.39 is 0 Å². The summed E-state index contributed by atoms with van der Waals surface area (Å²) in [6.45, 7) is 0. The number of anilines is 6. The summed E-state index contributed by atoms with van der Waals surface area (Å²) in [5.41, 5.74) is 15.7. The first kappa shape index (κ1) is 47.5. The molecule has 0 bridgehead atoms. The van der Waals surface area contributed by atoms with Gasteiger partial charge in [-0.05, 0) is 176 Å². The van der Waals surface area contributed by atoms with Crippen molar-refractivity contribution in [3.05, 3.63) is 291 Å². The van der Waals surface area contributed by atoms with E-state index in [1.54, 1.807) is 0 Å². The molecule has 80 heavy (non-hydrogen) atoms. The fourth-order valence-electron chi connectivity index (χ4n) is 10.8. The molecule has 2 aromatic heterocycles. The van der Waals surface area contributed by atoms with Gasteiger partial charge in [0.15, 0.2) is 0 Å². The quantitative estimate of drug-likeness (QED) is 0.113. The van der Waals surface area contributed by atoms with Gasteiger partial charge in [-0.3, -0.25) is 0 Å². The monoisotopic (exact) mass is 1030 g/mol. The Kier molecular flexibility index (Phi) is 12.4. The van der Waals surface area contributed by atoms with Crippen LogP contribution in [0.5, 0.6) is 0 Å². The molecule has 12 aromatic carbocycles. The molecule has 8 heteroatoms. The minimum Gasteiger partial charge on any atom is -0.416 e. The Bertz CT molecular complexity index is 4090. The van der Waals surface area contributed by atoms with Crippen molar-refractivity contribution in [1.29, 1.82) is 0 Å². The van der Waals surface area contributed by atoms with Crippen LogP contribution >= 0.6 is 0 Å². The fraction of sp³-hybridized carbons (Fsp3) is 0. The van der Waals surface area contributed by atoms with Crippen molar-refractivity contribution in [3.8, 4) is 79.2 Å². The van der Waals surface area contributed by atoms with Gasteiger partial charge in [-0.15, -0.1) is 20.4 Å². The number of fused-ring (bicyclic) bond motifs is 2. The summed E-state index contributed by atoms with van der Waals surface area (Å²) in [5.74, 6) is 1.70. The molecular weight excluding hydrogens is 981 g/mol. The number of rotatable bonds is 13. The normalized spacial score (nSPS) is 11.2. The molecular formula is C72H48N6O2. The second kappa shape index (κ2) is 20.9.